The summed E-state index contributed by atoms with van der Waals surface area (Å²) >= 11 is 5.22. The zero-order valence-electron chi connectivity index (χ0n) is 7.72. The first-order valence-electron chi connectivity index (χ1n) is 4.71. The van der Waals surface area contributed by atoms with E-state index in [0.717, 1.165) is 6.54 Å². The molecule has 2 nitrogen and oxygen atoms in total. The van der Waals surface area contributed by atoms with Gasteiger partial charge in [-0.25, -0.2) is 0 Å². The van der Waals surface area contributed by atoms with Crippen molar-refractivity contribution in [2.24, 2.45) is 0 Å². The molecule has 0 bridgehead atoms. The van der Waals surface area contributed by atoms with Crippen molar-refractivity contribution in [3.8, 4) is 0 Å². The normalized spacial score (nSPS) is 17.9. The zero-order chi connectivity index (χ0) is 8.81. The van der Waals surface area contributed by atoms with Gasteiger partial charge in [0.1, 0.15) is 0 Å². The minimum atomic E-state index is -0.238. The lowest BCUT2D eigenvalue weighted by molar-refractivity contribution is -0.111. The highest BCUT2D eigenvalue weighted by molar-refractivity contribution is 6.63. The van der Waals surface area contributed by atoms with Crippen molar-refractivity contribution in [1.82, 2.24) is 5.32 Å². The molecule has 13 heavy (non-hydrogen) atoms. The number of rotatable bonds is 4. The summed E-state index contributed by atoms with van der Waals surface area (Å²) in [6.07, 6.45) is 7.00. The second-order valence-corrected chi connectivity index (χ2v) is 3.82. The van der Waals surface area contributed by atoms with Gasteiger partial charge in [0.2, 0.25) is 5.24 Å². The molecule has 1 rings (SSSR count). The van der Waals surface area contributed by atoms with Gasteiger partial charge >= 0.3 is 0 Å². The van der Waals surface area contributed by atoms with Crippen LogP contribution in [0.1, 0.15) is 38.5 Å². The van der Waals surface area contributed by atoms with Gasteiger partial charge in [-0.2, -0.15) is 0 Å². The second-order valence-electron chi connectivity index (χ2n) is 3.39. The molecule has 78 valence electrons. The first-order valence-corrected chi connectivity index (χ1v) is 5.08. The summed E-state index contributed by atoms with van der Waals surface area (Å²) in [6, 6.07) is 0.634. The average Bonchev–Trinajstić information content (AvgIpc) is 2.05. The van der Waals surface area contributed by atoms with Crippen LogP contribution in [0.15, 0.2) is 0 Å². The smallest absolute Gasteiger partial charge is 0.222 e. The zero-order valence-corrected chi connectivity index (χ0v) is 9.29. The van der Waals surface area contributed by atoms with Gasteiger partial charge in [0.15, 0.2) is 0 Å². The monoisotopic (exact) mass is 225 g/mol. The molecular weight excluding hydrogens is 209 g/mol. The van der Waals surface area contributed by atoms with Crippen molar-refractivity contribution in [1.29, 1.82) is 0 Å². The van der Waals surface area contributed by atoms with Crippen LogP contribution in [0.25, 0.3) is 0 Å². The Hall–Kier alpha value is 0.210. The quantitative estimate of drug-likeness (QED) is 0.746. The predicted octanol–water partition coefficient (Wildman–Crippen LogP) is 2.49. The van der Waals surface area contributed by atoms with Crippen LogP contribution in [0.2, 0.25) is 0 Å². The molecule has 0 aromatic rings. The summed E-state index contributed by atoms with van der Waals surface area (Å²) in [5, 5.41) is 3.11. The van der Waals surface area contributed by atoms with E-state index < -0.39 is 0 Å². The molecule has 0 unspecified atom stereocenters. The highest BCUT2D eigenvalue weighted by Gasteiger charge is 2.11. The van der Waals surface area contributed by atoms with Crippen molar-refractivity contribution in [2.75, 3.05) is 6.54 Å². The molecule has 0 amide bonds. The van der Waals surface area contributed by atoms with E-state index in [9.17, 15) is 4.79 Å². The molecule has 0 spiro atoms. The highest BCUT2D eigenvalue weighted by Crippen LogP contribution is 2.17. The summed E-state index contributed by atoms with van der Waals surface area (Å²) in [5.41, 5.74) is 0. The molecular formula is C9H17Cl2NO. The molecule has 1 aliphatic rings. The van der Waals surface area contributed by atoms with Crippen LogP contribution in [0, 0.1) is 0 Å². The third kappa shape index (κ3) is 6.30. The van der Waals surface area contributed by atoms with Gasteiger partial charge in [-0.3, -0.25) is 4.79 Å². The Labute approximate surface area is 90.8 Å². The van der Waals surface area contributed by atoms with E-state index >= 15 is 0 Å². The number of carbonyl (C=O) groups excluding carboxylic acids is 1. The van der Waals surface area contributed by atoms with E-state index in [1.54, 1.807) is 0 Å². The summed E-state index contributed by atoms with van der Waals surface area (Å²) in [4.78, 5) is 10.4. The van der Waals surface area contributed by atoms with E-state index in [1.165, 1.54) is 32.1 Å². The van der Waals surface area contributed by atoms with Gasteiger partial charge in [-0.15, -0.1) is 12.4 Å². The van der Waals surface area contributed by atoms with Crippen LogP contribution in [0.4, 0.5) is 0 Å². The maximum Gasteiger partial charge on any atom is 0.222 e. The van der Waals surface area contributed by atoms with Gasteiger partial charge in [0, 0.05) is 19.0 Å². The fourth-order valence-electron chi connectivity index (χ4n) is 1.68. The fourth-order valence-corrected chi connectivity index (χ4v) is 1.78. The molecule has 0 aliphatic heterocycles. The summed E-state index contributed by atoms with van der Waals surface area (Å²) in [5.74, 6) is 0. The van der Waals surface area contributed by atoms with E-state index in [0.29, 0.717) is 12.5 Å². The number of nitrogens with one attached hydrogen (secondary N) is 1. The van der Waals surface area contributed by atoms with Crippen LogP contribution in [-0.2, 0) is 4.79 Å². The highest BCUT2D eigenvalue weighted by atomic mass is 35.5. The van der Waals surface area contributed by atoms with Crippen molar-refractivity contribution in [3.05, 3.63) is 0 Å². The standard InChI is InChI=1S/C9H16ClNO.ClH/c10-9(12)6-7-11-8-4-2-1-3-5-8;/h8,11H,1-7H2;1H. The number of hydrogen-bond donors (Lipinski definition) is 1. The molecule has 0 aromatic carbocycles. The van der Waals surface area contributed by atoms with Crippen molar-refractivity contribution >= 4 is 29.3 Å². The lowest BCUT2D eigenvalue weighted by Gasteiger charge is -2.22. The summed E-state index contributed by atoms with van der Waals surface area (Å²) in [7, 11) is 0. The van der Waals surface area contributed by atoms with E-state index in [2.05, 4.69) is 5.32 Å². The number of hydrogen-bond acceptors (Lipinski definition) is 2. The van der Waals surface area contributed by atoms with Crippen LogP contribution >= 0.6 is 24.0 Å². The average molecular weight is 226 g/mol. The summed E-state index contributed by atoms with van der Waals surface area (Å²) in [6.45, 7) is 0.743. The maximum absolute atomic E-state index is 10.4. The molecule has 0 radical (unpaired) electrons. The van der Waals surface area contributed by atoms with Crippen molar-refractivity contribution < 1.29 is 4.79 Å². The third-order valence-electron chi connectivity index (χ3n) is 2.36. The minimum Gasteiger partial charge on any atom is -0.313 e. The van der Waals surface area contributed by atoms with Gasteiger partial charge in [-0.1, -0.05) is 19.3 Å². The van der Waals surface area contributed by atoms with E-state index in [-0.39, 0.29) is 17.6 Å². The Morgan fingerprint density at radius 3 is 2.46 bits per heavy atom. The van der Waals surface area contributed by atoms with Crippen LogP contribution in [0.5, 0.6) is 0 Å². The largest absolute Gasteiger partial charge is 0.313 e. The molecule has 0 atom stereocenters. The van der Waals surface area contributed by atoms with Crippen LogP contribution < -0.4 is 5.32 Å². The molecule has 0 heterocycles. The second kappa shape index (κ2) is 7.60. The lowest BCUT2D eigenvalue weighted by Crippen LogP contribution is -2.32. The number of carbonyl (C=O) groups is 1. The first-order chi connectivity index (χ1) is 5.79. The van der Waals surface area contributed by atoms with Gasteiger partial charge in [0.05, 0.1) is 0 Å². The van der Waals surface area contributed by atoms with E-state index in [1.807, 2.05) is 0 Å². The summed E-state index contributed by atoms with van der Waals surface area (Å²) < 4.78 is 0. The molecule has 1 N–H and O–H groups in total. The molecule has 1 fully saturated rings. The number of halogens is 2. The van der Waals surface area contributed by atoms with Crippen molar-refractivity contribution in [2.45, 2.75) is 44.6 Å². The SMILES string of the molecule is Cl.O=C(Cl)CCNC1CCCCC1. The van der Waals surface area contributed by atoms with Gasteiger partial charge in [-0.05, 0) is 24.4 Å². The molecule has 0 aromatic heterocycles. The Balaban J connectivity index is 0.00000144. The topological polar surface area (TPSA) is 29.1 Å². The predicted molar refractivity (Wildman–Crippen MR) is 57.6 cm³/mol. The molecule has 1 aliphatic carbocycles. The molecule has 0 saturated heterocycles. The first kappa shape index (κ1) is 13.2. The Morgan fingerprint density at radius 2 is 1.92 bits per heavy atom. The van der Waals surface area contributed by atoms with Gasteiger partial charge < -0.3 is 5.32 Å². The van der Waals surface area contributed by atoms with Crippen molar-refractivity contribution in [3.63, 3.8) is 0 Å². The Morgan fingerprint density at radius 1 is 1.31 bits per heavy atom. The van der Waals surface area contributed by atoms with Crippen LogP contribution in [0.3, 0.4) is 0 Å². The van der Waals surface area contributed by atoms with Gasteiger partial charge in [0.25, 0.3) is 0 Å². The molecule has 1 saturated carbocycles. The maximum atomic E-state index is 10.4. The van der Waals surface area contributed by atoms with Crippen LogP contribution in [-0.4, -0.2) is 17.8 Å². The third-order valence-corrected chi connectivity index (χ3v) is 2.55. The Kier molecular flexibility index (Phi) is 7.72. The fraction of sp³-hybridized carbons (Fsp3) is 0.889. The minimum absolute atomic E-state index is 0. The lowest BCUT2D eigenvalue weighted by atomic mass is 9.95. The molecule has 4 heteroatoms. The van der Waals surface area contributed by atoms with E-state index in [4.69, 9.17) is 11.6 Å². The Bertz CT molecular complexity index is 147.